The highest BCUT2D eigenvalue weighted by molar-refractivity contribution is 6.30. The summed E-state index contributed by atoms with van der Waals surface area (Å²) in [5.41, 5.74) is 2.50. The van der Waals surface area contributed by atoms with Gasteiger partial charge in [-0.2, -0.15) is 0 Å². The van der Waals surface area contributed by atoms with E-state index in [4.69, 9.17) is 16.3 Å². The van der Waals surface area contributed by atoms with Crippen molar-refractivity contribution in [1.82, 2.24) is 5.32 Å². The predicted molar refractivity (Wildman–Crippen MR) is 71.6 cm³/mol. The lowest BCUT2D eigenvalue weighted by molar-refractivity contribution is -0.137. The third-order valence-electron chi connectivity index (χ3n) is 2.91. The van der Waals surface area contributed by atoms with Crippen LogP contribution in [0.4, 0.5) is 0 Å². The maximum absolute atomic E-state index is 11.2. The first-order valence-electron chi connectivity index (χ1n) is 6.04. The maximum atomic E-state index is 11.2. The summed E-state index contributed by atoms with van der Waals surface area (Å²) in [4.78, 5) is 11.2. The molecule has 0 spiro atoms. The fraction of sp³-hybridized carbons (Fsp3) is 0.357. The van der Waals surface area contributed by atoms with Crippen LogP contribution in [0.15, 0.2) is 30.4 Å². The number of ether oxygens (including phenoxy) is 1. The fourth-order valence-electron chi connectivity index (χ4n) is 2.03. The zero-order valence-electron chi connectivity index (χ0n) is 10.3. The van der Waals surface area contributed by atoms with Gasteiger partial charge < -0.3 is 10.1 Å². The minimum Gasteiger partial charge on any atom is -0.463 e. The van der Waals surface area contributed by atoms with Crippen molar-refractivity contribution in [3.63, 3.8) is 0 Å². The molecule has 0 saturated carbocycles. The lowest BCUT2D eigenvalue weighted by Gasteiger charge is -2.23. The Morgan fingerprint density at radius 3 is 3.17 bits per heavy atom. The molecule has 0 amide bonds. The third-order valence-corrected chi connectivity index (χ3v) is 3.15. The molecule has 0 bridgehead atoms. The number of hydrogen-bond donors (Lipinski definition) is 1. The van der Waals surface area contributed by atoms with Crippen LogP contribution < -0.4 is 5.32 Å². The van der Waals surface area contributed by atoms with Crippen molar-refractivity contribution in [2.75, 3.05) is 6.61 Å². The first-order valence-corrected chi connectivity index (χ1v) is 6.42. The van der Waals surface area contributed by atoms with Gasteiger partial charge in [0.25, 0.3) is 0 Å². The van der Waals surface area contributed by atoms with E-state index in [9.17, 15) is 4.79 Å². The summed E-state index contributed by atoms with van der Waals surface area (Å²) in [5, 5.41) is 4.11. The van der Waals surface area contributed by atoms with Crippen molar-refractivity contribution < 1.29 is 9.53 Å². The maximum Gasteiger partial charge on any atom is 0.330 e. The Morgan fingerprint density at radius 1 is 1.56 bits per heavy atom. The van der Waals surface area contributed by atoms with Gasteiger partial charge in [0.15, 0.2) is 0 Å². The van der Waals surface area contributed by atoms with E-state index in [2.05, 4.69) is 5.32 Å². The Bertz CT molecular complexity index is 471. The van der Waals surface area contributed by atoms with E-state index in [-0.39, 0.29) is 12.0 Å². The summed E-state index contributed by atoms with van der Waals surface area (Å²) < 4.78 is 4.85. The van der Waals surface area contributed by atoms with Crippen LogP contribution in [0.1, 0.15) is 18.1 Å². The zero-order valence-corrected chi connectivity index (χ0v) is 11.0. The average Bonchev–Trinajstić information content (AvgIpc) is 2.36. The van der Waals surface area contributed by atoms with E-state index in [0.717, 1.165) is 18.0 Å². The second kappa shape index (κ2) is 6.03. The summed E-state index contributed by atoms with van der Waals surface area (Å²) in [5.74, 6) is -0.295. The Hall–Kier alpha value is -1.32. The number of halogens is 1. The average molecular weight is 266 g/mol. The highest BCUT2D eigenvalue weighted by Gasteiger charge is 2.16. The first-order chi connectivity index (χ1) is 8.69. The van der Waals surface area contributed by atoms with Crippen LogP contribution in [-0.2, 0) is 22.5 Å². The molecule has 0 radical (unpaired) electrons. The van der Waals surface area contributed by atoms with E-state index in [1.165, 1.54) is 17.2 Å². The molecular weight excluding hydrogens is 250 g/mol. The van der Waals surface area contributed by atoms with Crippen molar-refractivity contribution in [1.29, 1.82) is 0 Å². The second-order valence-corrected chi connectivity index (χ2v) is 4.65. The van der Waals surface area contributed by atoms with Crippen molar-refractivity contribution in [3.05, 3.63) is 46.5 Å². The molecule has 4 heteroatoms. The highest BCUT2D eigenvalue weighted by Crippen LogP contribution is 2.21. The Morgan fingerprint density at radius 2 is 2.39 bits per heavy atom. The third kappa shape index (κ3) is 3.34. The van der Waals surface area contributed by atoms with Gasteiger partial charge in [0.2, 0.25) is 0 Å². The molecule has 1 aliphatic heterocycles. The van der Waals surface area contributed by atoms with Crippen molar-refractivity contribution >= 4 is 17.6 Å². The molecule has 0 aromatic heterocycles. The normalized spacial score (nSPS) is 18.7. The number of hydrogen-bond acceptors (Lipinski definition) is 3. The molecule has 0 aliphatic carbocycles. The topological polar surface area (TPSA) is 38.3 Å². The van der Waals surface area contributed by atoms with Crippen LogP contribution in [-0.4, -0.2) is 18.6 Å². The first kappa shape index (κ1) is 13.1. The minimum atomic E-state index is -0.295. The number of rotatable bonds is 3. The number of nitrogens with one attached hydrogen (secondary N) is 1. The lowest BCUT2D eigenvalue weighted by Crippen LogP contribution is -2.34. The summed E-state index contributed by atoms with van der Waals surface area (Å²) in [6.07, 6.45) is 4.17. The molecule has 1 heterocycles. The molecule has 1 atom stereocenters. The molecular formula is C14H16ClNO2. The van der Waals surface area contributed by atoms with Gasteiger partial charge in [-0.15, -0.1) is 0 Å². The number of esters is 1. The zero-order chi connectivity index (χ0) is 13.0. The van der Waals surface area contributed by atoms with E-state index in [1.807, 2.05) is 24.3 Å². The number of benzene rings is 1. The quantitative estimate of drug-likeness (QED) is 0.674. The molecule has 1 aromatic rings. The molecule has 1 aliphatic rings. The minimum absolute atomic E-state index is 0.153. The van der Waals surface area contributed by atoms with Crippen LogP contribution in [0.25, 0.3) is 0 Å². The Balaban J connectivity index is 2.01. The van der Waals surface area contributed by atoms with Crippen molar-refractivity contribution in [2.45, 2.75) is 25.9 Å². The lowest BCUT2D eigenvalue weighted by atomic mass is 9.96. The molecule has 1 aromatic carbocycles. The molecule has 18 heavy (non-hydrogen) atoms. The standard InChI is InChI=1S/C14H16ClNO2/c1-2-18-14(17)6-5-13-8-11-7-12(15)4-3-10(11)9-16-13/h3-7,13,16H,2,8-9H2,1H3. The summed E-state index contributed by atoms with van der Waals surface area (Å²) in [6.45, 7) is 2.99. The SMILES string of the molecule is CCOC(=O)C=CC1Cc2cc(Cl)ccc2CN1. The molecule has 0 fully saturated rings. The van der Waals surface area contributed by atoms with Gasteiger partial charge >= 0.3 is 5.97 Å². The number of fused-ring (bicyclic) bond motifs is 1. The summed E-state index contributed by atoms with van der Waals surface area (Å²) in [7, 11) is 0. The van der Waals surface area contributed by atoms with Gasteiger partial charge in [0, 0.05) is 23.7 Å². The summed E-state index contributed by atoms with van der Waals surface area (Å²) in [6, 6.07) is 6.08. The second-order valence-electron chi connectivity index (χ2n) is 4.22. The van der Waals surface area contributed by atoms with Crippen LogP contribution in [0.5, 0.6) is 0 Å². The van der Waals surface area contributed by atoms with Crippen LogP contribution in [0, 0.1) is 0 Å². The van der Waals surface area contributed by atoms with Crippen LogP contribution >= 0.6 is 11.6 Å². The van der Waals surface area contributed by atoms with Gasteiger partial charge in [-0.25, -0.2) is 4.79 Å². The molecule has 0 saturated heterocycles. The van der Waals surface area contributed by atoms with Gasteiger partial charge in [-0.3, -0.25) is 0 Å². The van der Waals surface area contributed by atoms with Crippen LogP contribution in [0.2, 0.25) is 5.02 Å². The fourth-order valence-corrected chi connectivity index (χ4v) is 2.22. The molecule has 96 valence electrons. The van der Waals surface area contributed by atoms with Gasteiger partial charge in [0.1, 0.15) is 0 Å². The van der Waals surface area contributed by atoms with E-state index in [0.29, 0.717) is 6.61 Å². The Labute approximate surface area is 112 Å². The molecule has 2 rings (SSSR count). The number of carbonyl (C=O) groups is 1. The molecule has 3 nitrogen and oxygen atoms in total. The highest BCUT2D eigenvalue weighted by atomic mass is 35.5. The van der Waals surface area contributed by atoms with Crippen LogP contribution in [0.3, 0.4) is 0 Å². The van der Waals surface area contributed by atoms with Gasteiger partial charge in [0.05, 0.1) is 6.61 Å². The monoisotopic (exact) mass is 265 g/mol. The van der Waals surface area contributed by atoms with Crippen molar-refractivity contribution in [3.8, 4) is 0 Å². The molecule has 1 unspecified atom stereocenters. The number of carbonyl (C=O) groups excluding carboxylic acids is 1. The largest absolute Gasteiger partial charge is 0.463 e. The van der Waals surface area contributed by atoms with Gasteiger partial charge in [-0.1, -0.05) is 23.7 Å². The predicted octanol–water partition coefficient (Wildman–Crippen LogP) is 2.47. The van der Waals surface area contributed by atoms with E-state index < -0.39 is 0 Å². The van der Waals surface area contributed by atoms with Crippen molar-refractivity contribution in [2.24, 2.45) is 0 Å². The van der Waals surface area contributed by atoms with Gasteiger partial charge in [-0.05, 0) is 36.6 Å². The Kier molecular flexibility index (Phi) is 4.39. The smallest absolute Gasteiger partial charge is 0.330 e. The van der Waals surface area contributed by atoms with E-state index in [1.54, 1.807) is 6.92 Å². The summed E-state index contributed by atoms with van der Waals surface area (Å²) >= 11 is 5.98. The molecule has 1 N–H and O–H groups in total. The van der Waals surface area contributed by atoms with E-state index >= 15 is 0 Å².